The number of hydrogen-bond acceptors (Lipinski definition) is 4. The van der Waals surface area contributed by atoms with Gasteiger partial charge in [-0.25, -0.2) is 0 Å². The lowest BCUT2D eigenvalue weighted by atomic mass is 10.1. The zero-order chi connectivity index (χ0) is 12.4. The van der Waals surface area contributed by atoms with Crippen LogP contribution in [-0.4, -0.2) is 25.4 Å². The number of halogens is 1. The number of hydrogen-bond donors (Lipinski definition) is 1. The third-order valence-electron chi connectivity index (χ3n) is 2.60. The minimum atomic E-state index is -0.737. The van der Waals surface area contributed by atoms with Crippen molar-refractivity contribution in [1.29, 1.82) is 0 Å². The lowest BCUT2D eigenvalue weighted by Gasteiger charge is -2.19. The summed E-state index contributed by atoms with van der Waals surface area (Å²) in [5.41, 5.74) is 0.539. The highest BCUT2D eigenvalue weighted by atomic mass is 35.5. The molecule has 0 aliphatic carbocycles. The van der Waals surface area contributed by atoms with Crippen LogP contribution in [0.1, 0.15) is 25.0 Å². The first kappa shape index (κ1) is 12.3. The van der Waals surface area contributed by atoms with E-state index in [1.165, 1.54) is 7.11 Å². The molecule has 0 fully saturated rings. The lowest BCUT2D eigenvalue weighted by Crippen LogP contribution is -2.03. The monoisotopic (exact) mass is 258 g/mol. The van der Waals surface area contributed by atoms with Crippen LogP contribution in [0.25, 0.3) is 0 Å². The summed E-state index contributed by atoms with van der Waals surface area (Å²) in [6.07, 6.45) is 0.0625. The number of ether oxygens (including phenoxy) is 3. The first-order chi connectivity index (χ1) is 8.15. The van der Waals surface area contributed by atoms with Gasteiger partial charge in [0.25, 0.3) is 0 Å². The van der Waals surface area contributed by atoms with Crippen LogP contribution in [0.15, 0.2) is 6.07 Å². The van der Waals surface area contributed by atoms with Gasteiger partial charge in [0.05, 0.1) is 37.0 Å². The van der Waals surface area contributed by atoms with Gasteiger partial charge < -0.3 is 19.3 Å². The van der Waals surface area contributed by atoms with Crippen molar-refractivity contribution in [2.45, 2.75) is 19.4 Å². The van der Waals surface area contributed by atoms with E-state index in [0.717, 1.165) is 6.42 Å². The molecule has 2 rings (SSSR count). The van der Waals surface area contributed by atoms with Crippen molar-refractivity contribution in [3.05, 3.63) is 16.7 Å². The molecule has 0 amide bonds. The molecule has 17 heavy (non-hydrogen) atoms. The van der Waals surface area contributed by atoms with Gasteiger partial charge in [-0.3, -0.25) is 0 Å². The molecule has 0 spiro atoms. The molecule has 1 aromatic carbocycles. The number of rotatable bonds is 2. The third kappa shape index (κ3) is 2.28. The fraction of sp³-hybridized carbons (Fsp3) is 0.500. The van der Waals surface area contributed by atoms with Crippen molar-refractivity contribution in [2.75, 3.05) is 20.3 Å². The first-order valence-corrected chi connectivity index (χ1v) is 5.87. The molecule has 1 unspecified atom stereocenters. The highest BCUT2D eigenvalue weighted by molar-refractivity contribution is 6.32. The average Bonchev–Trinajstić information content (AvgIpc) is 2.51. The fourth-order valence-corrected chi connectivity index (χ4v) is 2.15. The molecule has 1 N–H and O–H groups in total. The van der Waals surface area contributed by atoms with Gasteiger partial charge in [0.2, 0.25) is 0 Å². The Hall–Kier alpha value is -1.13. The molecule has 0 aromatic heterocycles. The van der Waals surface area contributed by atoms with Crippen molar-refractivity contribution in [3.63, 3.8) is 0 Å². The molecule has 1 aromatic rings. The van der Waals surface area contributed by atoms with Gasteiger partial charge in [0, 0.05) is 12.5 Å². The van der Waals surface area contributed by atoms with Crippen molar-refractivity contribution < 1.29 is 19.3 Å². The third-order valence-corrected chi connectivity index (χ3v) is 2.88. The summed E-state index contributed by atoms with van der Waals surface area (Å²) in [5.74, 6) is 1.52. The summed E-state index contributed by atoms with van der Waals surface area (Å²) >= 11 is 6.09. The van der Waals surface area contributed by atoms with E-state index in [4.69, 9.17) is 25.8 Å². The molecule has 0 saturated heterocycles. The Morgan fingerprint density at radius 1 is 1.41 bits per heavy atom. The smallest absolute Gasteiger partial charge is 0.170 e. The van der Waals surface area contributed by atoms with Crippen LogP contribution in [0.2, 0.25) is 5.02 Å². The topological polar surface area (TPSA) is 47.9 Å². The van der Waals surface area contributed by atoms with Crippen LogP contribution in [0.4, 0.5) is 0 Å². The van der Waals surface area contributed by atoms with Crippen LogP contribution in [0.3, 0.4) is 0 Å². The van der Waals surface area contributed by atoms with Gasteiger partial charge >= 0.3 is 0 Å². The Balaban J connectivity index is 2.62. The fourth-order valence-electron chi connectivity index (χ4n) is 1.87. The Bertz CT molecular complexity index is 417. The van der Waals surface area contributed by atoms with E-state index in [1.54, 1.807) is 13.0 Å². The van der Waals surface area contributed by atoms with Crippen molar-refractivity contribution in [2.24, 2.45) is 0 Å². The number of benzene rings is 1. The molecule has 0 radical (unpaired) electrons. The van der Waals surface area contributed by atoms with Gasteiger partial charge in [0.15, 0.2) is 11.5 Å². The molecule has 0 bridgehead atoms. The predicted molar refractivity (Wildman–Crippen MR) is 64.2 cm³/mol. The largest absolute Gasteiger partial charge is 0.495 e. The highest BCUT2D eigenvalue weighted by Crippen LogP contribution is 2.46. The maximum Gasteiger partial charge on any atom is 0.170 e. The predicted octanol–water partition coefficient (Wildman–Crippen LogP) is 2.56. The van der Waals surface area contributed by atoms with E-state index in [-0.39, 0.29) is 0 Å². The summed E-state index contributed by atoms with van der Waals surface area (Å²) in [7, 11) is 1.51. The van der Waals surface area contributed by atoms with Gasteiger partial charge in [-0.2, -0.15) is 0 Å². The Morgan fingerprint density at radius 3 is 2.76 bits per heavy atom. The number of aliphatic hydroxyl groups is 1. The number of methoxy groups -OCH3 is 1. The molecule has 0 saturated carbocycles. The quantitative estimate of drug-likeness (QED) is 0.886. The molecule has 1 aliphatic heterocycles. The van der Waals surface area contributed by atoms with E-state index < -0.39 is 6.10 Å². The maximum absolute atomic E-state index is 9.83. The minimum Gasteiger partial charge on any atom is -0.495 e. The molecule has 5 heteroatoms. The normalized spacial score (nSPS) is 16.2. The van der Waals surface area contributed by atoms with E-state index >= 15 is 0 Å². The standard InChI is InChI=1S/C12H15ClO4/c1-7(14)10-11(15-2)8(13)6-9-12(10)17-5-3-4-16-9/h6-7,14H,3-5H2,1-2H3. The Kier molecular flexibility index (Phi) is 3.64. The highest BCUT2D eigenvalue weighted by Gasteiger charge is 2.25. The van der Waals surface area contributed by atoms with Crippen LogP contribution in [0.5, 0.6) is 17.2 Å². The zero-order valence-corrected chi connectivity index (χ0v) is 10.6. The second kappa shape index (κ2) is 5.02. The van der Waals surface area contributed by atoms with E-state index in [1.807, 2.05) is 0 Å². The molecule has 1 atom stereocenters. The molecule has 1 aliphatic rings. The zero-order valence-electron chi connectivity index (χ0n) is 9.83. The Morgan fingerprint density at radius 2 is 2.12 bits per heavy atom. The van der Waals surface area contributed by atoms with Gasteiger partial charge in [-0.15, -0.1) is 0 Å². The first-order valence-electron chi connectivity index (χ1n) is 5.49. The van der Waals surface area contributed by atoms with Crippen LogP contribution < -0.4 is 14.2 Å². The number of aliphatic hydroxyl groups excluding tert-OH is 1. The molecule has 1 heterocycles. The Labute approximate surface area is 105 Å². The number of fused-ring (bicyclic) bond motifs is 1. The maximum atomic E-state index is 9.83. The summed E-state index contributed by atoms with van der Waals surface area (Å²) in [6.45, 7) is 2.77. The second-order valence-electron chi connectivity index (χ2n) is 3.86. The van der Waals surface area contributed by atoms with Crippen molar-refractivity contribution >= 4 is 11.6 Å². The lowest BCUT2D eigenvalue weighted by molar-refractivity contribution is 0.186. The van der Waals surface area contributed by atoms with Gasteiger partial charge in [0.1, 0.15) is 5.75 Å². The summed E-state index contributed by atoms with van der Waals surface area (Å²) in [4.78, 5) is 0. The molecular formula is C12H15ClO4. The van der Waals surface area contributed by atoms with Crippen LogP contribution in [0, 0.1) is 0 Å². The van der Waals surface area contributed by atoms with E-state index in [9.17, 15) is 5.11 Å². The van der Waals surface area contributed by atoms with Gasteiger partial charge in [-0.1, -0.05) is 11.6 Å². The summed E-state index contributed by atoms with van der Waals surface area (Å²) in [6, 6.07) is 1.66. The van der Waals surface area contributed by atoms with E-state index in [2.05, 4.69) is 0 Å². The summed E-state index contributed by atoms with van der Waals surface area (Å²) in [5, 5.41) is 10.2. The average molecular weight is 259 g/mol. The van der Waals surface area contributed by atoms with Crippen molar-refractivity contribution in [3.8, 4) is 17.2 Å². The van der Waals surface area contributed by atoms with Crippen LogP contribution >= 0.6 is 11.6 Å². The molecular weight excluding hydrogens is 244 g/mol. The molecule has 4 nitrogen and oxygen atoms in total. The minimum absolute atomic E-state index is 0.410. The van der Waals surface area contributed by atoms with Crippen molar-refractivity contribution in [1.82, 2.24) is 0 Å². The van der Waals surface area contributed by atoms with Crippen LogP contribution in [-0.2, 0) is 0 Å². The summed E-state index contributed by atoms with van der Waals surface area (Å²) < 4.78 is 16.4. The SMILES string of the molecule is COc1c(Cl)cc2c(c1C(C)O)OCCCO2. The second-order valence-corrected chi connectivity index (χ2v) is 4.27. The van der Waals surface area contributed by atoms with Gasteiger partial charge in [-0.05, 0) is 6.92 Å². The van der Waals surface area contributed by atoms with E-state index in [0.29, 0.717) is 41.0 Å². The molecule has 94 valence electrons.